The zero-order valence-electron chi connectivity index (χ0n) is 8.70. The minimum Gasteiger partial charge on any atom is -0.271 e. The van der Waals surface area contributed by atoms with Gasteiger partial charge >= 0.3 is 0 Å². The van der Waals surface area contributed by atoms with Crippen molar-refractivity contribution < 1.29 is 0 Å². The standard InChI is InChI=1S/C11H16N2S/c1-10(2)8-13-9-11(7-12-13)5-3-4-6-14/h7,9-10,14H,4,6,8H2,1-2H3. The molecule has 2 nitrogen and oxygen atoms in total. The van der Waals surface area contributed by atoms with Crippen LogP contribution < -0.4 is 0 Å². The number of hydrogen-bond acceptors (Lipinski definition) is 2. The number of rotatable bonds is 3. The molecular weight excluding hydrogens is 192 g/mol. The maximum absolute atomic E-state index is 4.23. The lowest BCUT2D eigenvalue weighted by Gasteiger charge is -2.02. The van der Waals surface area contributed by atoms with Crippen molar-refractivity contribution in [3.05, 3.63) is 18.0 Å². The lowest BCUT2D eigenvalue weighted by atomic mass is 10.2. The third-order valence-corrected chi connectivity index (χ3v) is 1.88. The maximum Gasteiger partial charge on any atom is 0.0646 e. The molecule has 0 N–H and O–H groups in total. The van der Waals surface area contributed by atoms with Crippen molar-refractivity contribution >= 4 is 12.6 Å². The highest BCUT2D eigenvalue weighted by Crippen LogP contribution is 2.00. The van der Waals surface area contributed by atoms with E-state index < -0.39 is 0 Å². The Labute approximate surface area is 91.1 Å². The van der Waals surface area contributed by atoms with Gasteiger partial charge in [-0.15, -0.1) is 0 Å². The average Bonchev–Trinajstić information content (AvgIpc) is 2.52. The third kappa shape index (κ3) is 3.89. The van der Waals surface area contributed by atoms with Crippen LogP contribution in [0.3, 0.4) is 0 Å². The van der Waals surface area contributed by atoms with E-state index in [0.717, 1.165) is 24.3 Å². The second-order valence-corrected chi connectivity index (χ2v) is 4.07. The van der Waals surface area contributed by atoms with Gasteiger partial charge in [-0.1, -0.05) is 25.7 Å². The molecule has 1 rings (SSSR count). The van der Waals surface area contributed by atoms with E-state index in [1.54, 1.807) is 0 Å². The van der Waals surface area contributed by atoms with Crippen LogP contribution in [0.4, 0.5) is 0 Å². The number of nitrogens with zero attached hydrogens (tertiary/aromatic N) is 2. The fraction of sp³-hybridized carbons (Fsp3) is 0.545. The summed E-state index contributed by atoms with van der Waals surface area (Å²) in [4.78, 5) is 0. The number of hydrogen-bond donors (Lipinski definition) is 1. The van der Waals surface area contributed by atoms with Gasteiger partial charge in [-0.3, -0.25) is 4.68 Å². The minimum atomic E-state index is 0.619. The van der Waals surface area contributed by atoms with Crippen LogP contribution in [0.25, 0.3) is 0 Å². The van der Waals surface area contributed by atoms with Gasteiger partial charge in [0.25, 0.3) is 0 Å². The monoisotopic (exact) mass is 208 g/mol. The summed E-state index contributed by atoms with van der Waals surface area (Å²) in [6, 6.07) is 0. The fourth-order valence-electron chi connectivity index (χ4n) is 1.12. The molecule has 0 aliphatic carbocycles. The summed E-state index contributed by atoms with van der Waals surface area (Å²) in [5.41, 5.74) is 0.993. The molecule has 0 spiro atoms. The Morgan fingerprint density at radius 3 is 3.00 bits per heavy atom. The van der Waals surface area contributed by atoms with Crippen LogP contribution in [0.2, 0.25) is 0 Å². The van der Waals surface area contributed by atoms with Gasteiger partial charge in [-0.25, -0.2) is 0 Å². The molecule has 0 unspecified atom stereocenters. The van der Waals surface area contributed by atoms with E-state index in [4.69, 9.17) is 0 Å². The highest BCUT2D eigenvalue weighted by atomic mass is 32.1. The number of aromatic nitrogens is 2. The summed E-state index contributed by atoms with van der Waals surface area (Å²) < 4.78 is 1.94. The van der Waals surface area contributed by atoms with Gasteiger partial charge in [-0.05, 0) is 5.92 Å². The van der Waals surface area contributed by atoms with Gasteiger partial charge in [-0.2, -0.15) is 17.7 Å². The fourth-order valence-corrected chi connectivity index (χ4v) is 1.23. The molecule has 0 bridgehead atoms. The number of thiol groups is 1. The van der Waals surface area contributed by atoms with Gasteiger partial charge in [0.2, 0.25) is 0 Å². The summed E-state index contributed by atoms with van der Waals surface area (Å²) in [5.74, 6) is 7.53. The first-order valence-corrected chi connectivity index (χ1v) is 5.48. The molecule has 0 aromatic carbocycles. The minimum absolute atomic E-state index is 0.619. The maximum atomic E-state index is 4.23. The van der Waals surface area contributed by atoms with Crippen molar-refractivity contribution in [1.82, 2.24) is 9.78 Å². The quantitative estimate of drug-likeness (QED) is 0.595. The second-order valence-electron chi connectivity index (χ2n) is 3.62. The van der Waals surface area contributed by atoms with Crippen LogP contribution in [0, 0.1) is 17.8 Å². The first-order valence-electron chi connectivity index (χ1n) is 4.84. The van der Waals surface area contributed by atoms with E-state index in [1.165, 1.54) is 0 Å². The Balaban J connectivity index is 2.56. The smallest absolute Gasteiger partial charge is 0.0646 e. The predicted molar refractivity (Wildman–Crippen MR) is 62.4 cm³/mol. The zero-order chi connectivity index (χ0) is 10.4. The molecule has 0 saturated heterocycles. The molecule has 0 radical (unpaired) electrons. The van der Waals surface area contributed by atoms with Crippen molar-refractivity contribution in [3.63, 3.8) is 0 Å². The molecule has 1 heterocycles. The molecule has 0 saturated carbocycles. The molecule has 0 atom stereocenters. The van der Waals surface area contributed by atoms with E-state index in [-0.39, 0.29) is 0 Å². The van der Waals surface area contributed by atoms with Crippen LogP contribution >= 0.6 is 12.6 Å². The Kier molecular flexibility index (Phi) is 4.61. The lowest BCUT2D eigenvalue weighted by Crippen LogP contribution is -2.03. The Morgan fingerprint density at radius 1 is 1.57 bits per heavy atom. The molecular formula is C11H16N2S. The van der Waals surface area contributed by atoms with Gasteiger partial charge < -0.3 is 0 Å². The van der Waals surface area contributed by atoms with Crippen molar-refractivity contribution in [3.8, 4) is 11.8 Å². The van der Waals surface area contributed by atoms with Crippen molar-refractivity contribution in [2.75, 3.05) is 5.75 Å². The molecule has 14 heavy (non-hydrogen) atoms. The Hall–Kier alpha value is -0.880. The van der Waals surface area contributed by atoms with Crippen LogP contribution in [0.15, 0.2) is 12.4 Å². The molecule has 0 amide bonds. The SMILES string of the molecule is CC(C)Cn1cc(C#CCCS)cn1. The van der Waals surface area contributed by atoms with Crippen LogP contribution in [0.5, 0.6) is 0 Å². The topological polar surface area (TPSA) is 17.8 Å². The van der Waals surface area contributed by atoms with E-state index in [2.05, 4.69) is 43.4 Å². The summed E-state index contributed by atoms with van der Waals surface area (Å²) in [7, 11) is 0. The lowest BCUT2D eigenvalue weighted by molar-refractivity contribution is 0.483. The summed E-state index contributed by atoms with van der Waals surface area (Å²) in [6.07, 6.45) is 4.64. The zero-order valence-corrected chi connectivity index (χ0v) is 9.59. The first-order chi connectivity index (χ1) is 6.72. The van der Waals surface area contributed by atoms with Crippen molar-refractivity contribution in [1.29, 1.82) is 0 Å². The molecule has 0 aliphatic rings. The van der Waals surface area contributed by atoms with Gasteiger partial charge in [0.1, 0.15) is 0 Å². The summed E-state index contributed by atoms with van der Waals surface area (Å²) in [5, 5.41) is 4.23. The largest absolute Gasteiger partial charge is 0.271 e. The average molecular weight is 208 g/mol. The molecule has 3 heteroatoms. The van der Waals surface area contributed by atoms with E-state index in [0.29, 0.717) is 5.92 Å². The van der Waals surface area contributed by atoms with Gasteiger partial charge in [0.15, 0.2) is 0 Å². The normalized spacial score (nSPS) is 10.0. The summed E-state index contributed by atoms with van der Waals surface area (Å²) in [6.45, 7) is 5.30. The van der Waals surface area contributed by atoms with E-state index >= 15 is 0 Å². The summed E-state index contributed by atoms with van der Waals surface area (Å²) >= 11 is 4.09. The Bertz CT molecular complexity index is 331. The molecule has 0 fully saturated rings. The highest BCUT2D eigenvalue weighted by Gasteiger charge is 1.97. The molecule has 76 valence electrons. The predicted octanol–water partition coefficient (Wildman–Crippen LogP) is 2.21. The van der Waals surface area contributed by atoms with Gasteiger partial charge in [0, 0.05) is 24.9 Å². The van der Waals surface area contributed by atoms with Gasteiger partial charge in [0.05, 0.1) is 11.8 Å². The second kappa shape index (κ2) is 5.77. The van der Waals surface area contributed by atoms with Crippen molar-refractivity contribution in [2.24, 2.45) is 5.92 Å². The van der Waals surface area contributed by atoms with E-state index in [1.807, 2.05) is 17.1 Å². The third-order valence-electron chi connectivity index (χ3n) is 1.65. The Morgan fingerprint density at radius 2 is 2.36 bits per heavy atom. The van der Waals surface area contributed by atoms with Crippen LogP contribution in [0.1, 0.15) is 25.8 Å². The van der Waals surface area contributed by atoms with E-state index in [9.17, 15) is 0 Å². The molecule has 1 aromatic heterocycles. The van der Waals surface area contributed by atoms with Crippen LogP contribution in [-0.2, 0) is 6.54 Å². The highest BCUT2D eigenvalue weighted by molar-refractivity contribution is 7.80. The first kappa shape index (κ1) is 11.2. The molecule has 0 aliphatic heterocycles. The molecule has 1 aromatic rings. The van der Waals surface area contributed by atoms with Crippen LogP contribution in [-0.4, -0.2) is 15.5 Å². The van der Waals surface area contributed by atoms with Crippen molar-refractivity contribution in [2.45, 2.75) is 26.8 Å².